The Morgan fingerprint density at radius 2 is 2.45 bits per heavy atom. The van der Waals surface area contributed by atoms with Crippen LogP contribution in [-0.2, 0) is 0 Å². The predicted molar refractivity (Wildman–Crippen MR) is 80.3 cm³/mol. The third kappa shape index (κ3) is 3.19. The number of hydrogen-bond acceptors (Lipinski definition) is 5. The molecular weight excluding hydrogens is 254 g/mol. The quantitative estimate of drug-likeness (QED) is 0.365. The molecule has 0 aromatic carbocycles. The minimum Gasteiger partial charge on any atom is -0.409 e. The van der Waals surface area contributed by atoms with Crippen molar-refractivity contribution in [2.45, 2.75) is 25.8 Å². The average Bonchev–Trinajstić information content (AvgIpc) is 2.93. The molecule has 6 heteroatoms. The first-order chi connectivity index (χ1) is 9.65. The van der Waals surface area contributed by atoms with Crippen molar-refractivity contribution in [3.63, 3.8) is 0 Å². The van der Waals surface area contributed by atoms with E-state index in [2.05, 4.69) is 26.9 Å². The molecule has 20 heavy (non-hydrogen) atoms. The molecule has 0 bridgehead atoms. The monoisotopic (exact) mass is 277 g/mol. The zero-order chi connectivity index (χ0) is 14.5. The number of anilines is 1. The highest BCUT2D eigenvalue weighted by molar-refractivity contribution is 5.97. The van der Waals surface area contributed by atoms with Crippen LogP contribution in [0, 0.1) is 0 Å². The summed E-state index contributed by atoms with van der Waals surface area (Å²) in [6, 6.07) is 4.17. The molecule has 110 valence electrons. The van der Waals surface area contributed by atoms with Crippen LogP contribution < -0.4 is 10.6 Å². The SMILES string of the molecule is CCN1CCCC1CN(C)c1cc(C(N)=NO)ccn1. The van der Waals surface area contributed by atoms with E-state index >= 15 is 0 Å². The van der Waals surface area contributed by atoms with Gasteiger partial charge in [0.1, 0.15) is 5.82 Å². The van der Waals surface area contributed by atoms with Crippen LogP contribution in [-0.4, -0.2) is 53.7 Å². The third-order valence-corrected chi connectivity index (χ3v) is 3.93. The Balaban J connectivity index is 2.07. The smallest absolute Gasteiger partial charge is 0.170 e. The Morgan fingerprint density at radius 1 is 1.65 bits per heavy atom. The van der Waals surface area contributed by atoms with E-state index in [1.807, 2.05) is 13.1 Å². The minimum atomic E-state index is 0.109. The first-order valence-corrected chi connectivity index (χ1v) is 7.04. The van der Waals surface area contributed by atoms with Gasteiger partial charge in [0.2, 0.25) is 0 Å². The summed E-state index contributed by atoms with van der Waals surface area (Å²) in [4.78, 5) is 9.00. The van der Waals surface area contributed by atoms with Gasteiger partial charge in [-0.15, -0.1) is 0 Å². The van der Waals surface area contributed by atoms with Crippen LogP contribution >= 0.6 is 0 Å². The molecule has 0 saturated carbocycles. The summed E-state index contributed by atoms with van der Waals surface area (Å²) in [7, 11) is 2.03. The second-order valence-corrected chi connectivity index (χ2v) is 5.19. The van der Waals surface area contributed by atoms with Gasteiger partial charge >= 0.3 is 0 Å². The van der Waals surface area contributed by atoms with E-state index < -0.39 is 0 Å². The summed E-state index contributed by atoms with van der Waals surface area (Å²) in [5.74, 6) is 0.954. The zero-order valence-corrected chi connectivity index (χ0v) is 12.2. The number of hydrogen-bond donors (Lipinski definition) is 2. The summed E-state index contributed by atoms with van der Waals surface area (Å²) in [6.45, 7) is 5.43. The molecule has 2 rings (SSSR count). The fourth-order valence-electron chi connectivity index (χ4n) is 2.77. The number of likely N-dealkylation sites (tertiary alicyclic amines) is 1. The lowest BCUT2D eigenvalue weighted by molar-refractivity contribution is 0.270. The normalized spacial score (nSPS) is 20.3. The van der Waals surface area contributed by atoms with Gasteiger partial charge in [-0.25, -0.2) is 4.98 Å². The molecule has 2 heterocycles. The van der Waals surface area contributed by atoms with Crippen molar-refractivity contribution in [3.05, 3.63) is 23.9 Å². The lowest BCUT2D eigenvalue weighted by Crippen LogP contribution is -2.39. The maximum absolute atomic E-state index is 8.74. The van der Waals surface area contributed by atoms with Crippen molar-refractivity contribution < 1.29 is 5.21 Å². The number of likely N-dealkylation sites (N-methyl/N-ethyl adjacent to an activating group) is 2. The minimum absolute atomic E-state index is 0.109. The highest BCUT2D eigenvalue weighted by Crippen LogP contribution is 2.19. The van der Waals surface area contributed by atoms with Crippen LogP contribution in [0.3, 0.4) is 0 Å². The molecule has 0 radical (unpaired) electrons. The van der Waals surface area contributed by atoms with Crippen LogP contribution in [0.1, 0.15) is 25.3 Å². The Labute approximate surface area is 119 Å². The largest absolute Gasteiger partial charge is 0.409 e. The molecule has 3 N–H and O–H groups in total. The summed E-state index contributed by atoms with van der Waals surface area (Å²) in [5.41, 5.74) is 6.30. The maximum atomic E-state index is 8.74. The van der Waals surface area contributed by atoms with Crippen molar-refractivity contribution in [2.75, 3.05) is 31.6 Å². The van der Waals surface area contributed by atoms with E-state index in [0.29, 0.717) is 11.6 Å². The number of amidine groups is 1. The van der Waals surface area contributed by atoms with Crippen LogP contribution in [0.25, 0.3) is 0 Å². The summed E-state index contributed by atoms with van der Waals surface area (Å²) >= 11 is 0. The third-order valence-electron chi connectivity index (χ3n) is 3.93. The van der Waals surface area contributed by atoms with Gasteiger partial charge in [-0.3, -0.25) is 4.90 Å². The summed E-state index contributed by atoms with van der Waals surface area (Å²) < 4.78 is 0. The molecular formula is C14H23N5O. The molecule has 1 fully saturated rings. The number of nitrogens with two attached hydrogens (primary N) is 1. The molecule has 1 aromatic heterocycles. The fraction of sp³-hybridized carbons (Fsp3) is 0.571. The van der Waals surface area contributed by atoms with Gasteiger partial charge in [0.15, 0.2) is 5.84 Å². The van der Waals surface area contributed by atoms with E-state index in [1.54, 1.807) is 12.3 Å². The van der Waals surface area contributed by atoms with Gasteiger partial charge in [-0.05, 0) is 38.1 Å². The first-order valence-electron chi connectivity index (χ1n) is 7.04. The van der Waals surface area contributed by atoms with Crippen LogP contribution in [0.15, 0.2) is 23.5 Å². The number of pyridine rings is 1. The molecule has 1 unspecified atom stereocenters. The Hall–Kier alpha value is -1.82. The van der Waals surface area contributed by atoms with E-state index in [0.717, 1.165) is 18.9 Å². The predicted octanol–water partition coefficient (Wildman–Crippen LogP) is 1.10. The number of rotatable bonds is 5. The van der Waals surface area contributed by atoms with E-state index in [4.69, 9.17) is 10.9 Å². The standard InChI is InChI=1S/C14H23N5O/c1-3-19-8-4-5-12(19)10-18(2)13-9-11(6-7-16-13)14(15)17-20/h6-7,9,12,20H,3-5,8,10H2,1-2H3,(H2,15,17). The molecule has 1 aliphatic rings. The Morgan fingerprint density at radius 3 is 3.15 bits per heavy atom. The molecule has 1 saturated heterocycles. The van der Waals surface area contributed by atoms with Crippen molar-refractivity contribution in [3.8, 4) is 0 Å². The second-order valence-electron chi connectivity index (χ2n) is 5.19. The maximum Gasteiger partial charge on any atom is 0.170 e. The van der Waals surface area contributed by atoms with Gasteiger partial charge in [0.05, 0.1) is 0 Å². The molecule has 1 aromatic rings. The number of oxime groups is 1. The highest BCUT2D eigenvalue weighted by atomic mass is 16.4. The van der Waals surface area contributed by atoms with Gasteiger partial charge in [-0.1, -0.05) is 12.1 Å². The van der Waals surface area contributed by atoms with Crippen molar-refractivity contribution in [2.24, 2.45) is 10.9 Å². The fourth-order valence-corrected chi connectivity index (χ4v) is 2.77. The topological polar surface area (TPSA) is 78.0 Å². The van der Waals surface area contributed by atoms with Gasteiger partial charge in [0, 0.05) is 31.4 Å². The molecule has 1 atom stereocenters. The average molecular weight is 277 g/mol. The van der Waals surface area contributed by atoms with Crippen LogP contribution in [0.2, 0.25) is 0 Å². The number of aromatic nitrogens is 1. The summed E-state index contributed by atoms with van der Waals surface area (Å²) in [6.07, 6.45) is 4.19. The van der Waals surface area contributed by atoms with Gasteiger partial charge < -0.3 is 15.8 Å². The number of nitrogens with zero attached hydrogens (tertiary/aromatic N) is 4. The Kier molecular flexibility index (Phi) is 4.79. The first kappa shape index (κ1) is 14.6. The van der Waals surface area contributed by atoms with Crippen molar-refractivity contribution in [1.82, 2.24) is 9.88 Å². The van der Waals surface area contributed by atoms with E-state index in [-0.39, 0.29) is 5.84 Å². The zero-order valence-electron chi connectivity index (χ0n) is 12.2. The van der Waals surface area contributed by atoms with Crippen LogP contribution in [0.4, 0.5) is 5.82 Å². The van der Waals surface area contributed by atoms with E-state index in [1.165, 1.54) is 19.4 Å². The highest BCUT2D eigenvalue weighted by Gasteiger charge is 2.24. The van der Waals surface area contributed by atoms with Crippen molar-refractivity contribution >= 4 is 11.7 Å². The van der Waals surface area contributed by atoms with Crippen molar-refractivity contribution in [1.29, 1.82) is 0 Å². The molecule has 0 aliphatic carbocycles. The summed E-state index contributed by atoms with van der Waals surface area (Å²) in [5, 5.41) is 11.8. The van der Waals surface area contributed by atoms with Gasteiger partial charge in [-0.2, -0.15) is 0 Å². The lowest BCUT2D eigenvalue weighted by Gasteiger charge is -2.28. The molecule has 0 spiro atoms. The molecule has 0 amide bonds. The van der Waals surface area contributed by atoms with E-state index in [9.17, 15) is 0 Å². The second kappa shape index (κ2) is 6.56. The molecule has 1 aliphatic heterocycles. The Bertz CT molecular complexity index is 476. The van der Waals surface area contributed by atoms with Crippen LogP contribution in [0.5, 0.6) is 0 Å². The lowest BCUT2D eigenvalue weighted by atomic mass is 10.2. The molecule has 6 nitrogen and oxygen atoms in total. The van der Waals surface area contributed by atoms with Gasteiger partial charge in [0.25, 0.3) is 0 Å².